The second-order valence-electron chi connectivity index (χ2n) is 6.50. The molecule has 0 saturated carbocycles. The largest absolute Gasteiger partial charge is 0.308 e. The molecule has 0 atom stereocenters. The highest BCUT2D eigenvalue weighted by atomic mass is 35.5. The summed E-state index contributed by atoms with van der Waals surface area (Å²) in [5, 5.41) is 1.35. The molecule has 150 valence electrons. The molecule has 0 unspecified atom stereocenters. The Kier molecular flexibility index (Phi) is 8.16. The van der Waals surface area contributed by atoms with E-state index in [0.717, 1.165) is 27.2 Å². The van der Waals surface area contributed by atoms with Gasteiger partial charge in [0.2, 0.25) is 0 Å². The number of amides is 1. The van der Waals surface area contributed by atoms with Crippen molar-refractivity contribution in [3.05, 3.63) is 52.5 Å². The fraction of sp³-hybridized carbons (Fsp3) is 0.300. The number of hydrogen-bond acceptors (Lipinski definition) is 5. The summed E-state index contributed by atoms with van der Waals surface area (Å²) in [4.78, 5) is 23.0. The van der Waals surface area contributed by atoms with Crippen molar-refractivity contribution in [1.29, 1.82) is 0 Å². The molecule has 1 heterocycles. The van der Waals surface area contributed by atoms with Gasteiger partial charge in [-0.25, -0.2) is 4.98 Å². The predicted molar refractivity (Wildman–Crippen MR) is 125 cm³/mol. The number of aryl methyl sites for hydroxylation is 1. The number of rotatable bonds is 6. The monoisotopic (exact) mass is 455 g/mol. The second-order valence-corrected chi connectivity index (χ2v) is 8.73. The molecule has 0 aliphatic carbocycles. The van der Waals surface area contributed by atoms with Crippen LogP contribution < -0.4 is 4.90 Å². The van der Waals surface area contributed by atoms with E-state index in [9.17, 15) is 4.79 Å². The van der Waals surface area contributed by atoms with E-state index in [-0.39, 0.29) is 18.3 Å². The number of hydrogen-bond donors (Lipinski definition) is 0. The molecule has 0 bridgehead atoms. The van der Waals surface area contributed by atoms with Crippen molar-refractivity contribution in [2.45, 2.75) is 11.8 Å². The number of halogens is 2. The standard InChI is InChI=1S/C20H22ClN3OS2.ClH/c1-13-9-10-15(21)18-17(13)22-20(27-18)24(12-11-23(2)3)19(25)14-7-5-6-8-16(14)26-4;/h5-10H,11-12H2,1-4H3;1H. The van der Waals surface area contributed by atoms with Crippen LogP contribution in [-0.2, 0) is 0 Å². The third kappa shape index (κ3) is 4.81. The summed E-state index contributed by atoms with van der Waals surface area (Å²) in [7, 11) is 4.00. The quantitative estimate of drug-likeness (QED) is 0.452. The van der Waals surface area contributed by atoms with Gasteiger partial charge in [0, 0.05) is 18.0 Å². The third-order valence-electron chi connectivity index (χ3n) is 4.27. The zero-order valence-electron chi connectivity index (χ0n) is 16.2. The molecule has 0 spiro atoms. The Balaban J connectivity index is 0.00000280. The van der Waals surface area contributed by atoms with Crippen LogP contribution in [0.3, 0.4) is 0 Å². The van der Waals surface area contributed by atoms with E-state index in [1.54, 1.807) is 16.7 Å². The van der Waals surface area contributed by atoms with Gasteiger partial charge in [0.25, 0.3) is 5.91 Å². The number of carbonyl (C=O) groups excluding carboxylic acids is 1. The average molecular weight is 456 g/mol. The van der Waals surface area contributed by atoms with Crippen LogP contribution in [0.2, 0.25) is 5.02 Å². The molecule has 0 fully saturated rings. The summed E-state index contributed by atoms with van der Waals surface area (Å²) in [6.07, 6.45) is 1.98. The van der Waals surface area contributed by atoms with E-state index in [0.29, 0.717) is 22.3 Å². The molecule has 3 aromatic rings. The number of thioether (sulfide) groups is 1. The maximum atomic E-state index is 13.4. The highest BCUT2D eigenvalue weighted by Crippen LogP contribution is 2.36. The Hall–Kier alpha value is -1.31. The van der Waals surface area contributed by atoms with Crippen molar-refractivity contribution in [1.82, 2.24) is 9.88 Å². The Morgan fingerprint density at radius 3 is 2.54 bits per heavy atom. The molecule has 1 amide bonds. The van der Waals surface area contributed by atoms with E-state index in [1.165, 1.54) is 11.3 Å². The van der Waals surface area contributed by atoms with Gasteiger partial charge in [-0.2, -0.15) is 0 Å². The highest BCUT2D eigenvalue weighted by Gasteiger charge is 2.24. The number of carbonyl (C=O) groups is 1. The molecule has 3 rings (SSSR count). The van der Waals surface area contributed by atoms with Crippen molar-refractivity contribution in [3.8, 4) is 0 Å². The minimum atomic E-state index is -0.0327. The number of anilines is 1. The lowest BCUT2D eigenvalue weighted by Crippen LogP contribution is -2.37. The normalized spacial score (nSPS) is 10.9. The summed E-state index contributed by atoms with van der Waals surface area (Å²) >= 11 is 9.42. The first-order valence-electron chi connectivity index (χ1n) is 8.57. The molecular formula is C20H23Cl2N3OS2. The van der Waals surface area contributed by atoms with Crippen molar-refractivity contribution in [2.75, 3.05) is 38.3 Å². The van der Waals surface area contributed by atoms with Gasteiger partial charge >= 0.3 is 0 Å². The van der Waals surface area contributed by atoms with Gasteiger partial charge in [0.15, 0.2) is 5.13 Å². The topological polar surface area (TPSA) is 36.4 Å². The number of benzene rings is 2. The lowest BCUT2D eigenvalue weighted by Gasteiger charge is -2.22. The van der Waals surface area contributed by atoms with Crippen molar-refractivity contribution in [2.24, 2.45) is 0 Å². The van der Waals surface area contributed by atoms with E-state index in [1.807, 2.05) is 63.7 Å². The minimum absolute atomic E-state index is 0. The highest BCUT2D eigenvalue weighted by molar-refractivity contribution is 7.98. The van der Waals surface area contributed by atoms with Gasteiger partial charge in [-0.15, -0.1) is 24.2 Å². The van der Waals surface area contributed by atoms with Crippen LogP contribution in [0, 0.1) is 6.92 Å². The van der Waals surface area contributed by atoms with Gasteiger partial charge in [-0.3, -0.25) is 9.69 Å². The molecule has 0 aliphatic rings. The van der Waals surface area contributed by atoms with Gasteiger partial charge < -0.3 is 4.90 Å². The molecule has 0 N–H and O–H groups in total. The molecule has 8 heteroatoms. The summed E-state index contributed by atoms with van der Waals surface area (Å²) in [5.41, 5.74) is 2.62. The Bertz CT molecular complexity index is 936. The van der Waals surface area contributed by atoms with Crippen molar-refractivity contribution < 1.29 is 4.79 Å². The number of fused-ring (bicyclic) bond motifs is 1. The smallest absolute Gasteiger partial charge is 0.261 e. The van der Waals surface area contributed by atoms with Gasteiger partial charge in [0.1, 0.15) is 0 Å². The molecule has 1 aromatic heterocycles. The third-order valence-corrected chi connectivity index (χ3v) is 6.60. The van der Waals surface area contributed by atoms with E-state index >= 15 is 0 Å². The Morgan fingerprint density at radius 2 is 1.89 bits per heavy atom. The lowest BCUT2D eigenvalue weighted by molar-refractivity contribution is 0.0982. The maximum absolute atomic E-state index is 13.4. The molecule has 0 aliphatic heterocycles. The summed E-state index contributed by atoms with van der Waals surface area (Å²) in [5.74, 6) is -0.0327. The van der Waals surface area contributed by atoms with Crippen LogP contribution in [0.4, 0.5) is 5.13 Å². The van der Waals surface area contributed by atoms with Crippen LogP contribution in [0.1, 0.15) is 15.9 Å². The van der Waals surface area contributed by atoms with Crippen LogP contribution in [-0.4, -0.2) is 49.2 Å². The average Bonchev–Trinajstić information content (AvgIpc) is 3.11. The summed E-state index contributed by atoms with van der Waals surface area (Å²) < 4.78 is 0.924. The predicted octanol–water partition coefficient (Wildman–Crippen LogP) is 5.61. The van der Waals surface area contributed by atoms with Crippen LogP contribution in [0.25, 0.3) is 10.2 Å². The first-order chi connectivity index (χ1) is 12.9. The Labute approximate surface area is 185 Å². The fourth-order valence-corrected chi connectivity index (χ4v) is 4.69. The first kappa shape index (κ1) is 23.0. The van der Waals surface area contributed by atoms with Crippen molar-refractivity contribution >= 4 is 68.4 Å². The number of likely N-dealkylation sites (N-methyl/N-ethyl adjacent to an activating group) is 1. The van der Waals surface area contributed by atoms with E-state index < -0.39 is 0 Å². The van der Waals surface area contributed by atoms with Crippen LogP contribution >= 0.6 is 47.1 Å². The number of thiazole rings is 1. The van der Waals surface area contributed by atoms with Crippen LogP contribution in [0.5, 0.6) is 0 Å². The minimum Gasteiger partial charge on any atom is -0.308 e. The lowest BCUT2D eigenvalue weighted by atomic mass is 10.2. The number of aromatic nitrogens is 1. The van der Waals surface area contributed by atoms with E-state index in [2.05, 4.69) is 4.90 Å². The zero-order valence-corrected chi connectivity index (χ0v) is 19.4. The number of nitrogens with zero attached hydrogens (tertiary/aromatic N) is 3. The zero-order chi connectivity index (χ0) is 19.6. The van der Waals surface area contributed by atoms with Crippen LogP contribution in [0.15, 0.2) is 41.3 Å². The van der Waals surface area contributed by atoms with Gasteiger partial charge in [-0.1, -0.05) is 41.1 Å². The maximum Gasteiger partial charge on any atom is 0.261 e. The fourth-order valence-electron chi connectivity index (χ4n) is 2.76. The molecule has 2 aromatic carbocycles. The molecule has 4 nitrogen and oxygen atoms in total. The molecular weight excluding hydrogens is 433 g/mol. The molecule has 0 radical (unpaired) electrons. The van der Waals surface area contributed by atoms with Gasteiger partial charge in [-0.05, 0) is 51.0 Å². The summed E-state index contributed by atoms with van der Waals surface area (Å²) in [6.45, 7) is 3.32. The first-order valence-corrected chi connectivity index (χ1v) is 11.0. The molecule has 28 heavy (non-hydrogen) atoms. The second kappa shape index (κ2) is 9.94. The summed E-state index contributed by atoms with van der Waals surface area (Å²) in [6, 6.07) is 11.5. The van der Waals surface area contributed by atoms with Gasteiger partial charge in [0.05, 0.1) is 20.8 Å². The molecule has 0 saturated heterocycles. The van der Waals surface area contributed by atoms with E-state index in [4.69, 9.17) is 16.6 Å². The SMILES string of the molecule is CSc1ccccc1C(=O)N(CCN(C)C)c1nc2c(C)ccc(Cl)c2s1.Cl. The van der Waals surface area contributed by atoms with Crippen molar-refractivity contribution in [3.63, 3.8) is 0 Å². The Morgan fingerprint density at radius 1 is 1.18 bits per heavy atom.